The highest BCUT2D eigenvalue weighted by molar-refractivity contribution is 9.10. The zero-order chi connectivity index (χ0) is 25.6. The van der Waals surface area contributed by atoms with Crippen molar-refractivity contribution in [1.29, 1.82) is 0 Å². The second-order valence-corrected chi connectivity index (χ2v) is 11.2. The highest BCUT2D eigenvalue weighted by atomic mass is 79.9. The minimum absolute atomic E-state index is 0.00829. The fraction of sp³-hybridized carbons (Fsp3) is 0.462. The van der Waals surface area contributed by atoms with Crippen molar-refractivity contribution in [2.24, 2.45) is 0 Å². The molecule has 0 aliphatic carbocycles. The van der Waals surface area contributed by atoms with Gasteiger partial charge in [-0.1, -0.05) is 63.0 Å². The maximum Gasteiger partial charge on any atom is 0.261 e. The summed E-state index contributed by atoms with van der Waals surface area (Å²) in [4.78, 5) is 27.8. The lowest BCUT2D eigenvalue weighted by atomic mass is 9.87. The van der Waals surface area contributed by atoms with E-state index in [1.165, 1.54) is 4.90 Å². The van der Waals surface area contributed by atoms with Crippen LogP contribution in [0.4, 0.5) is 0 Å². The number of hydrogen-bond donors (Lipinski definition) is 1. The Morgan fingerprint density at radius 2 is 1.76 bits per heavy atom. The van der Waals surface area contributed by atoms with Crippen molar-refractivity contribution < 1.29 is 14.3 Å². The normalized spacial score (nSPS) is 12.4. The summed E-state index contributed by atoms with van der Waals surface area (Å²) in [6.45, 7) is 12.0. The Morgan fingerprint density at radius 3 is 2.29 bits per heavy atom. The van der Waals surface area contributed by atoms with Crippen LogP contribution in [-0.4, -0.2) is 35.4 Å². The zero-order valence-electron chi connectivity index (χ0n) is 20.5. The summed E-state index contributed by atoms with van der Waals surface area (Å²) < 4.78 is 6.64. The summed E-state index contributed by atoms with van der Waals surface area (Å²) in [5.41, 5.74) is 1.91. The average Bonchev–Trinajstić information content (AvgIpc) is 2.73. The Labute approximate surface area is 221 Å². The van der Waals surface area contributed by atoms with E-state index in [2.05, 4.69) is 42.0 Å². The first-order valence-corrected chi connectivity index (χ1v) is 12.8. The lowest BCUT2D eigenvalue weighted by Gasteiger charge is -2.31. The van der Waals surface area contributed by atoms with Crippen molar-refractivity contribution in [2.75, 3.05) is 6.61 Å². The van der Waals surface area contributed by atoms with Crippen molar-refractivity contribution in [3.05, 3.63) is 62.0 Å². The summed E-state index contributed by atoms with van der Waals surface area (Å²) >= 11 is 15.8. The van der Waals surface area contributed by atoms with E-state index in [1.54, 1.807) is 18.2 Å². The van der Waals surface area contributed by atoms with E-state index in [1.807, 2.05) is 39.0 Å². The monoisotopic (exact) mass is 570 g/mol. The first-order valence-electron chi connectivity index (χ1n) is 11.3. The van der Waals surface area contributed by atoms with Crippen molar-refractivity contribution in [2.45, 2.75) is 72.0 Å². The summed E-state index contributed by atoms with van der Waals surface area (Å²) in [6, 6.07) is 10.3. The molecule has 0 fully saturated rings. The van der Waals surface area contributed by atoms with Gasteiger partial charge in [0.05, 0.1) is 14.5 Å². The molecule has 186 valence electrons. The van der Waals surface area contributed by atoms with Gasteiger partial charge >= 0.3 is 0 Å². The molecule has 0 radical (unpaired) electrons. The van der Waals surface area contributed by atoms with E-state index in [4.69, 9.17) is 27.9 Å². The summed E-state index contributed by atoms with van der Waals surface area (Å²) in [5, 5.41) is 3.73. The maximum absolute atomic E-state index is 13.3. The van der Waals surface area contributed by atoms with E-state index in [-0.39, 0.29) is 36.4 Å². The van der Waals surface area contributed by atoms with Crippen LogP contribution < -0.4 is 10.1 Å². The van der Waals surface area contributed by atoms with Crippen LogP contribution >= 0.6 is 39.1 Å². The molecule has 2 aromatic rings. The summed E-state index contributed by atoms with van der Waals surface area (Å²) in [7, 11) is 0. The van der Waals surface area contributed by atoms with Crippen LogP contribution in [0.15, 0.2) is 40.9 Å². The number of nitrogens with one attached hydrogen (secondary N) is 1. The van der Waals surface area contributed by atoms with E-state index in [0.717, 1.165) is 15.6 Å². The molecule has 0 aromatic heterocycles. The molecule has 2 amide bonds. The number of benzene rings is 2. The third-order valence-corrected chi connectivity index (χ3v) is 6.66. The van der Waals surface area contributed by atoms with E-state index in [0.29, 0.717) is 22.2 Å². The van der Waals surface area contributed by atoms with Crippen molar-refractivity contribution in [1.82, 2.24) is 10.2 Å². The number of nitrogens with zero attached hydrogens (tertiary/aromatic N) is 1. The van der Waals surface area contributed by atoms with Gasteiger partial charge in [-0.3, -0.25) is 9.59 Å². The van der Waals surface area contributed by atoms with Crippen LogP contribution in [0.5, 0.6) is 5.75 Å². The molecule has 1 N–H and O–H groups in total. The Hall–Kier alpha value is -1.76. The number of carbonyl (C=O) groups excluding carboxylic acids is 2. The van der Waals surface area contributed by atoms with Gasteiger partial charge in [0.25, 0.3) is 5.91 Å². The van der Waals surface area contributed by atoms with Gasteiger partial charge in [0.15, 0.2) is 6.61 Å². The zero-order valence-corrected chi connectivity index (χ0v) is 23.6. The highest BCUT2D eigenvalue weighted by Crippen LogP contribution is 2.31. The second-order valence-electron chi connectivity index (χ2n) is 9.54. The van der Waals surface area contributed by atoms with Gasteiger partial charge in [0.1, 0.15) is 11.8 Å². The van der Waals surface area contributed by atoms with E-state index >= 15 is 0 Å². The molecule has 0 unspecified atom stereocenters. The molecule has 0 aliphatic rings. The van der Waals surface area contributed by atoms with Gasteiger partial charge in [-0.15, -0.1) is 0 Å². The van der Waals surface area contributed by atoms with Gasteiger partial charge in [-0.05, 0) is 77.0 Å². The molecule has 2 aromatic carbocycles. The molecule has 0 spiro atoms. The first-order chi connectivity index (χ1) is 15.8. The van der Waals surface area contributed by atoms with Crippen LogP contribution in [0.1, 0.15) is 59.1 Å². The molecule has 2 rings (SSSR count). The maximum atomic E-state index is 13.3. The third kappa shape index (κ3) is 7.89. The summed E-state index contributed by atoms with van der Waals surface area (Å²) in [5.74, 6) is 0.0563. The number of hydrogen-bond acceptors (Lipinski definition) is 3. The highest BCUT2D eigenvalue weighted by Gasteiger charge is 2.29. The van der Waals surface area contributed by atoms with E-state index < -0.39 is 6.04 Å². The number of halogens is 3. The molecule has 0 bridgehead atoms. The van der Waals surface area contributed by atoms with Gasteiger partial charge in [0, 0.05) is 12.6 Å². The van der Waals surface area contributed by atoms with Gasteiger partial charge in [-0.2, -0.15) is 0 Å². The molecule has 0 aliphatic heterocycles. The van der Waals surface area contributed by atoms with Crippen LogP contribution in [0, 0.1) is 0 Å². The van der Waals surface area contributed by atoms with Crippen molar-refractivity contribution in [3.8, 4) is 5.75 Å². The molecular weight excluding hydrogens is 539 g/mol. The molecule has 0 saturated carbocycles. The molecule has 1 atom stereocenters. The largest absolute Gasteiger partial charge is 0.483 e. The Balaban J connectivity index is 2.27. The van der Waals surface area contributed by atoms with Crippen LogP contribution in [0.2, 0.25) is 10.0 Å². The fourth-order valence-electron chi connectivity index (χ4n) is 3.44. The topological polar surface area (TPSA) is 58.6 Å². The quantitative estimate of drug-likeness (QED) is 0.361. The van der Waals surface area contributed by atoms with Crippen LogP contribution in [0.3, 0.4) is 0 Å². The fourth-order valence-corrected chi connectivity index (χ4v) is 4.26. The predicted molar refractivity (Wildman–Crippen MR) is 143 cm³/mol. The second kappa shape index (κ2) is 12.3. The average molecular weight is 572 g/mol. The van der Waals surface area contributed by atoms with Crippen molar-refractivity contribution >= 4 is 50.9 Å². The molecule has 0 heterocycles. The molecule has 5 nitrogen and oxygen atoms in total. The predicted octanol–water partition coefficient (Wildman–Crippen LogP) is 6.76. The van der Waals surface area contributed by atoms with Gasteiger partial charge in [0.2, 0.25) is 5.91 Å². The molecule has 0 saturated heterocycles. The van der Waals surface area contributed by atoms with Gasteiger partial charge in [-0.25, -0.2) is 0 Å². The third-order valence-electron chi connectivity index (χ3n) is 5.30. The van der Waals surface area contributed by atoms with Crippen LogP contribution in [-0.2, 0) is 21.5 Å². The lowest BCUT2D eigenvalue weighted by molar-refractivity contribution is -0.143. The number of amides is 2. The van der Waals surface area contributed by atoms with Crippen LogP contribution in [0.25, 0.3) is 0 Å². The number of ether oxygens (including phenoxy) is 1. The minimum Gasteiger partial charge on any atom is -0.483 e. The van der Waals surface area contributed by atoms with Gasteiger partial charge < -0.3 is 15.0 Å². The molecular formula is C26H33BrCl2N2O3. The molecule has 8 heteroatoms. The Morgan fingerprint density at radius 1 is 1.09 bits per heavy atom. The standard InChI is InChI=1S/C26H33BrCl2N2O3/c1-7-22(25(33)30-16(2)3)31(14-17-8-10-20(28)21(29)12-17)24(32)15-34-23-11-9-18(13-19(23)27)26(4,5)6/h8-13,16,22H,7,14-15H2,1-6H3,(H,30,33)/t22-/m1/s1. The first kappa shape index (κ1) is 28.5. The Kier molecular flexibility index (Phi) is 10.3. The lowest BCUT2D eigenvalue weighted by Crippen LogP contribution is -2.51. The van der Waals surface area contributed by atoms with Crippen molar-refractivity contribution in [3.63, 3.8) is 0 Å². The summed E-state index contributed by atoms with van der Waals surface area (Å²) in [6.07, 6.45) is 0.454. The smallest absolute Gasteiger partial charge is 0.261 e. The SMILES string of the molecule is CC[C@H](C(=O)NC(C)C)N(Cc1ccc(Cl)c(Cl)c1)C(=O)COc1ccc(C(C)(C)C)cc1Br. The number of rotatable bonds is 9. The Bertz CT molecular complexity index is 1020. The molecule has 34 heavy (non-hydrogen) atoms. The minimum atomic E-state index is -0.653. The van der Waals surface area contributed by atoms with E-state index in [9.17, 15) is 9.59 Å². The number of carbonyl (C=O) groups is 2.